The second-order valence-electron chi connectivity index (χ2n) is 4.31. The van der Waals surface area contributed by atoms with Crippen molar-refractivity contribution >= 4 is 0 Å². The summed E-state index contributed by atoms with van der Waals surface area (Å²) in [7, 11) is 0. The molecule has 0 spiro atoms. The first-order valence-electron chi connectivity index (χ1n) is 5.94. The Morgan fingerprint density at radius 1 is 1.24 bits per heavy atom. The zero-order chi connectivity index (χ0) is 12.1. The minimum absolute atomic E-state index is 0.0136. The van der Waals surface area contributed by atoms with Gasteiger partial charge < -0.3 is 10.5 Å². The van der Waals surface area contributed by atoms with Crippen molar-refractivity contribution < 1.29 is 4.74 Å². The second-order valence-corrected chi connectivity index (χ2v) is 4.31. The van der Waals surface area contributed by atoms with Gasteiger partial charge in [-0.05, 0) is 19.3 Å². The van der Waals surface area contributed by atoms with Gasteiger partial charge >= 0.3 is 0 Å². The molecule has 1 aliphatic rings. The van der Waals surface area contributed by atoms with E-state index in [4.69, 9.17) is 15.7 Å². The minimum Gasteiger partial charge on any atom is -0.472 e. The molecule has 2 unspecified atom stereocenters. The molecule has 0 radical (unpaired) electrons. The molecule has 0 bridgehead atoms. The maximum Gasteiger partial charge on any atom is 0.232 e. The standard InChI is InChI=1S/C12H16N4O/c13-6-9-7-16-12(8-15-9)17-11-5-3-1-2-4-10(11)14/h7-8,10-11H,1-5,14H2. The van der Waals surface area contributed by atoms with E-state index in [-0.39, 0.29) is 12.1 Å². The van der Waals surface area contributed by atoms with Gasteiger partial charge in [0.1, 0.15) is 12.2 Å². The SMILES string of the molecule is N#Cc1cnc(OC2CCCCCC2N)cn1. The van der Waals surface area contributed by atoms with Crippen molar-refractivity contribution in [3.05, 3.63) is 18.1 Å². The lowest BCUT2D eigenvalue weighted by Crippen LogP contribution is -2.38. The van der Waals surface area contributed by atoms with Crippen LogP contribution in [0, 0.1) is 11.3 Å². The first kappa shape index (κ1) is 11.8. The number of nitrogens with zero attached hydrogens (tertiary/aromatic N) is 3. The number of hydrogen-bond donors (Lipinski definition) is 1. The summed E-state index contributed by atoms with van der Waals surface area (Å²) in [6.45, 7) is 0. The highest BCUT2D eigenvalue weighted by Crippen LogP contribution is 2.20. The van der Waals surface area contributed by atoms with Gasteiger partial charge in [-0.3, -0.25) is 0 Å². The van der Waals surface area contributed by atoms with Crippen LogP contribution < -0.4 is 10.5 Å². The third-order valence-electron chi connectivity index (χ3n) is 3.02. The molecule has 0 aromatic carbocycles. The normalized spacial score (nSPS) is 24.7. The molecule has 0 amide bonds. The molecule has 5 nitrogen and oxygen atoms in total. The van der Waals surface area contributed by atoms with Crippen LogP contribution in [0.2, 0.25) is 0 Å². The maximum absolute atomic E-state index is 8.62. The van der Waals surface area contributed by atoms with Gasteiger partial charge in [0.05, 0.1) is 12.4 Å². The van der Waals surface area contributed by atoms with E-state index >= 15 is 0 Å². The Kier molecular flexibility index (Phi) is 3.89. The van der Waals surface area contributed by atoms with Crippen molar-refractivity contribution in [1.82, 2.24) is 9.97 Å². The fourth-order valence-corrected chi connectivity index (χ4v) is 2.04. The number of nitriles is 1. The number of rotatable bonds is 2. The van der Waals surface area contributed by atoms with Gasteiger partial charge in [-0.15, -0.1) is 0 Å². The van der Waals surface area contributed by atoms with Crippen molar-refractivity contribution in [3.8, 4) is 11.9 Å². The average Bonchev–Trinajstić information content (AvgIpc) is 2.56. The van der Waals surface area contributed by atoms with Crippen LogP contribution in [-0.4, -0.2) is 22.1 Å². The summed E-state index contributed by atoms with van der Waals surface area (Å²) in [5, 5.41) is 8.62. The Labute approximate surface area is 101 Å². The molecule has 1 aromatic rings. The summed E-state index contributed by atoms with van der Waals surface area (Å²) in [5.41, 5.74) is 6.35. The molecule has 1 saturated carbocycles. The fourth-order valence-electron chi connectivity index (χ4n) is 2.04. The van der Waals surface area contributed by atoms with Crippen LogP contribution in [0.15, 0.2) is 12.4 Å². The van der Waals surface area contributed by atoms with E-state index in [2.05, 4.69) is 9.97 Å². The quantitative estimate of drug-likeness (QED) is 0.779. The van der Waals surface area contributed by atoms with Gasteiger partial charge in [-0.25, -0.2) is 9.97 Å². The van der Waals surface area contributed by atoms with Gasteiger partial charge in [0.15, 0.2) is 5.69 Å². The number of ether oxygens (including phenoxy) is 1. The fraction of sp³-hybridized carbons (Fsp3) is 0.583. The lowest BCUT2D eigenvalue weighted by molar-refractivity contribution is 0.155. The van der Waals surface area contributed by atoms with Crippen molar-refractivity contribution in [2.75, 3.05) is 0 Å². The highest BCUT2D eigenvalue weighted by Gasteiger charge is 2.22. The molecule has 2 N–H and O–H groups in total. The Hall–Kier alpha value is -1.67. The Bertz CT molecular complexity index is 398. The van der Waals surface area contributed by atoms with Gasteiger partial charge in [0.25, 0.3) is 0 Å². The highest BCUT2D eigenvalue weighted by atomic mass is 16.5. The summed E-state index contributed by atoms with van der Waals surface area (Å²) >= 11 is 0. The monoisotopic (exact) mass is 232 g/mol. The molecule has 1 aromatic heterocycles. The number of hydrogen-bond acceptors (Lipinski definition) is 5. The van der Waals surface area contributed by atoms with Gasteiger partial charge in [0, 0.05) is 6.04 Å². The Morgan fingerprint density at radius 2 is 2.06 bits per heavy atom. The zero-order valence-corrected chi connectivity index (χ0v) is 9.67. The van der Waals surface area contributed by atoms with E-state index in [1.54, 1.807) is 0 Å². The first-order chi connectivity index (χ1) is 8.29. The number of nitrogens with two attached hydrogens (primary N) is 1. The zero-order valence-electron chi connectivity index (χ0n) is 9.67. The van der Waals surface area contributed by atoms with Crippen LogP contribution >= 0.6 is 0 Å². The molecule has 5 heteroatoms. The van der Waals surface area contributed by atoms with Crippen LogP contribution in [-0.2, 0) is 0 Å². The highest BCUT2D eigenvalue weighted by molar-refractivity contribution is 5.18. The lowest BCUT2D eigenvalue weighted by atomic mass is 10.1. The maximum atomic E-state index is 8.62. The van der Waals surface area contributed by atoms with Crippen molar-refractivity contribution in [1.29, 1.82) is 5.26 Å². The minimum atomic E-state index is 0.0136. The van der Waals surface area contributed by atoms with Gasteiger partial charge in [-0.1, -0.05) is 12.8 Å². The molecule has 1 fully saturated rings. The third-order valence-corrected chi connectivity index (χ3v) is 3.02. The van der Waals surface area contributed by atoms with E-state index in [1.807, 2.05) is 6.07 Å². The summed E-state index contributed by atoms with van der Waals surface area (Å²) in [5.74, 6) is 0.450. The molecule has 90 valence electrons. The van der Waals surface area contributed by atoms with Crippen LogP contribution in [0.4, 0.5) is 0 Å². The van der Waals surface area contributed by atoms with Crippen molar-refractivity contribution in [2.24, 2.45) is 5.73 Å². The van der Waals surface area contributed by atoms with E-state index in [0.29, 0.717) is 11.6 Å². The van der Waals surface area contributed by atoms with E-state index < -0.39 is 0 Å². The van der Waals surface area contributed by atoms with Crippen molar-refractivity contribution in [2.45, 2.75) is 44.2 Å². The predicted molar refractivity (Wildman–Crippen MR) is 62.2 cm³/mol. The average molecular weight is 232 g/mol. The summed E-state index contributed by atoms with van der Waals surface area (Å²) < 4.78 is 5.74. The van der Waals surface area contributed by atoms with E-state index in [1.165, 1.54) is 25.2 Å². The third kappa shape index (κ3) is 3.14. The van der Waals surface area contributed by atoms with E-state index in [0.717, 1.165) is 19.3 Å². The molecule has 1 aliphatic carbocycles. The van der Waals surface area contributed by atoms with Crippen molar-refractivity contribution in [3.63, 3.8) is 0 Å². The largest absolute Gasteiger partial charge is 0.472 e. The predicted octanol–water partition coefficient (Wildman–Crippen LogP) is 1.39. The molecule has 2 atom stereocenters. The van der Waals surface area contributed by atoms with Gasteiger partial charge in [-0.2, -0.15) is 5.26 Å². The molecule has 1 heterocycles. The molecular weight excluding hydrogens is 216 g/mol. The van der Waals surface area contributed by atoms with E-state index in [9.17, 15) is 0 Å². The lowest BCUT2D eigenvalue weighted by Gasteiger charge is -2.21. The molecule has 0 saturated heterocycles. The second kappa shape index (κ2) is 5.60. The molecular formula is C12H16N4O. The molecule has 2 rings (SSSR count). The van der Waals surface area contributed by atoms with Gasteiger partial charge in [0.2, 0.25) is 5.88 Å². The summed E-state index contributed by atoms with van der Waals surface area (Å²) in [6.07, 6.45) is 8.39. The topological polar surface area (TPSA) is 84.8 Å². The molecule has 0 aliphatic heterocycles. The summed E-state index contributed by atoms with van der Waals surface area (Å²) in [4.78, 5) is 7.97. The Balaban J connectivity index is 2.01. The smallest absolute Gasteiger partial charge is 0.232 e. The number of aromatic nitrogens is 2. The van der Waals surface area contributed by atoms with Crippen LogP contribution in [0.1, 0.15) is 37.8 Å². The summed E-state index contributed by atoms with van der Waals surface area (Å²) in [6, 6.07) is 1.99. The molecule has 17 heavy (non-hydrogen) atoms. The van der Waals surface area contributed by atoms with Crippen LogP contribution in [0.25, 0.3) is 0 Å². The first-order valence-corrected chi connectivity index (χ1v) is 5.94. The van der Waals surface area contributed by atoms with Crippen LogP contribution in [0.3, 0.4) is 0 Å². The van der Waals surface area contributed by atoms with Crippen LogP contribution in [0.5, 0.6) is 5.88 Å². The Morgan fingerprint density at radius 3 is 2.76 bits per heavy atom.